The number of guanidine groups is 1. The summed E-state index contributed by atoms with van der Waals surface area (Å²) in [7, 11) is 0. The highest BCUT2D eigenvalue weighted by molar-refractivity contribution is 7.80. The quantitative estimate of drug-likeness (QED) is 0.0127. The van der Waals surface area contributed by atoms with E-state index in [1.165, 1.54) is 47.1 Å². The molecule has 0 bridgehead atoms. The third-order valence-corrected chi connectivity index (χ3v) is 18.0. The Bertz CT molecular complexity index is 3390. The van der Waals surface area contributed by atoms with E-state index in [0.29, 0.717) is 43.5 Å². The van der Waals surface area contributed by atoms with E-state index < -0.39 is 216 Å². The first kappa shape index (κ1) is 96.4. The number of aliphatic hydroxyl groups is 1. The van der Waals surface area contributed by atoms with Gasteiger partial charge in [0, 0.05) is 49.2 Å². The molecule has 1 aromatic carbocycles. The third kappa shape index (κ3) is 34.9. The van der Waals surface area contributed by atoms with Crippen LogP contribution in [0.1, 0.15) is 138 Å². The fourth-order valence-electron chi connectivity index (χ4n) is 10.7. The lowest BCUT2D eigenvalue weighted by Crippen LogP contribution is -2.63. The standard InChI is InChI=1S/C69H116N22O17S2/c1-34(2)51(90-65(104)52(35(3)4)88-59(98)44(22-17-27-77-69(74)75)82-62(101)48(31-109)86-55(94)37(7)79-60(99)46(28-40-18-11-10-12-19-40)84-56(95)42(72)20-13-15-25-70)64(103)83-45(23-24-50(73)93)58(97)81-43(21-14-16-26-71)57(96)87-49(32-110)63(102)89-53(36(5)6)66(105)91-54(39(9)92)67(106)85-47(29-41-30-76-33-78-41)61(100)80-38(8)68(107)108/h10-12,18-19,30,33-39,42-49,51-54,92,109-110H,13-17,20-29,31-32,70-72H2,1-9H3,(H2,73,93)(H,76,78)(H,79,99)(H,80,100)(H,81,97)(H,82,101)(H,83,103)(H,84,95)(H,85,106)(H,86,94)(H,87,96)(H,88,98)(H,89,102)(H,90,104)(H,91,105)(H,107,108)(H4,74,75,77)/t37-,38-,39+,42-,43-,44-,45-,46-,47-,48-,49-,51-,52-,53-,54-/m0/s1. The third-order valence-electron chi connectivity index (χ3n) is 17.2. The van der Waals surface area contributed by atoms with Crippen molar-refractivity contribution in [2.75, 3.05) is 31.1 Å². The van der Waals surface area contributed by atoms with Crippen molar-refractivity contribution >= 4 is 120 Å². The molecule has 0 unspecified atom stereocenters. The van der Waals surface area contributed by atoms with E-state index in [4.69, 9.17) is 34.4 Å². The number of unbranched alkanes of at least 4 members (excludes halogenated alkanes) is 2. The first-order chi connectivity index (χ1) is 51.8. The molecule has 0 aliphatic rings. The maximum atomic E-state index is 14.4. The van der Waals surface area contributed by atoms with Gasteiger partial charge in [0.25, 0.3) is 0 Å². The molecule has 39 nitrogen and oxygen atoms in total. The van der Waals surface area contributed by atoms with Gasteiger partial charge < -0.3 is 119 Å². The zero-order valence-corrected chi connectivity index (χ0v) is 65.5. The molecule has 1 heterocycles. The van der Waals surface area contributed by atoms with Crippen molar-refractivity contribution < 1.29 is 82.1 Å². The minimum atomic E-state index is -1.76. The Morgan fingerprint density at radius 2 is 0.827 bits per heavy atom. The van der Waals surface area contributed by atoms with Gasteiger partial charge in [-0.1, -0.05) is 78.3 Å². The molecular formula is C69H116N22O17S2. The van der Waals surface area contributed by atoms with Crippen LogP contribution in [0.2, 0.25) is 0 Å². The predicted octanol–water partition coefficient (Wildman–Crippen LogP) is -6.27. The van der Waals surface area contributed by atoms with E-state index in [1.54, 1.807) is 58.0 Å². The number of carboxylic acid groups (broad SMARTS) is 1. The van der Waals surface area contributed by atoms with Gasteiger partial charge in [0.2, 0.25) is 82.7 Å². The highest BCUT2D eigenvalue weighted by Crippen LogP contribution is 2.14. The summed E-state index contributed by atoms with van der Waals surface area (Å²) in [5, 5.41) is 53.0. The lowest BCUT2D eigenvalue weighted by atomic mass is 9.98. The number of benzene rings is 1. The first-order valence-corrected chi connectivity index (χ1v) is 37.7. The molecule has 41 heteroatoms. The number of aliphatic hydroxyl groups excluding tert-OH is 1. The van der Waals surface area contributed by atoms with E-state index in [2.05, 4.69) is 109 Å². The van der Waals surface area contributed by atoms with Crippen LogP contribution in [0.15, 0.2) is 47.8 Å². The lowest BCUT2D eigenvalue weighted by molar-refractivity contribution is -0.142. The Morgan fingerprint density at radius 3 is 1.29 bits per heavy atom. The van der Waals surface area contributed by atoms with Gasteiger partial charge in [-0.3, -0.25) is 76.9 Å². The normalized spacial score (nSPS) is 15.3. The maximum Gasteiger partial charge on any atom is 0.325 e. The minimum Gasteiger partial charge on any atom is -0.480 e. The van der Waals surface area contributed by atoms with E-state index in [0.717, 1.165) is 0 Å². The smallest absolute Gasteiger partial charge is 0.325 e. The van der Waals surface area contributed by atoms with Crippen molar-refractivity contribution in [2.45, 2.75) is 230 Å². The highest BCUT2D eigenvalue weighted by Gasteiger charge is 2.39. The van der Waals surface area contributed by atoms with Crippen molar-refractivity contribution in [1.29, 1.82) is 0 Å². The number of nitrogens with one attached hydrogen (secondary N) is 14. The van der Waals surface area contributed by atoms with Gasteiger partial charge >= 0.3 is 5.97 Å². The monoisotopic (exact) mass is 1590 g/mol. The number of aliphatic imine (C=N–C) groups is 1. The number of carboxylic acids is 1. The number of hydrogen-bond donors (Lipinski definition) is 24. The summed E-state index contributed by atoms with van der Waals surface area (Å²) in [6, 6.07) is -11.1. The summed E-state index contributed by atoms with van der Waals surface area (Å²) >= 11 is 8.57. The SMILES string of the molecule is CC(C)[C@H](NC(=O)[C@H](CCCN=C(N)N)NC(=O)[C@H](CS)NC(=O)[C@H](C)NC(=O)[C@H](Cc1ccccc1)NC(=O)[C@@H](N)CCCCN)C(=O)N[C@H](C(=O)N[C@@H](CCC(N)=O)C(=O)N[C@@H](CCCCN)C(=O)N[C@@H](CS)C(=O)N[C@H](C(=O)N[C@H](C(=O)N[C@@H](Cc1cnc[nH]1)C(=O)N[C@@H](C)C(=O)O)[C@@H](C)O)C(C)C)C(C)C. The molecule has 0 radical (unpaired) electrons. The van der Waals surface area contributed by atoms with Gasteiger partial charge in [-0.15, -0.1) is 0 Å². The van der Waals surface area contributed by atoms with Crippen LogP contribution in [0.3, 0.4) is 0 Å². The molecule has 0 fully saturated rings. The topological polar surface area (TPSA) is 650 Å². The number of carbonyl (C=O) groups excluding carboxylic acids is 14. The first-order valence-electron chi connectivity index (χ1n) is 36.4. The molecule has 15 atom stereocenters. The van der Waals surface area contributed by atoms with Crippen molar-refractivity contribution in [1.82, 2.24) is 79.1 Å². The zero-order chi connectivity index (χ0) is 83.1. The summed E-state index contributed by atoms with van der Waals surface area (Å²) in [4.78, 5) is 216. The molecule has 110 heavy (non-hydrogen) atoms. The number of imidazole rings is 1. The average molecular weight is 1590 g/mol. The molecule has 616 valence electrons. The summed E-state index contributed by atoms with van der Waals surface area (Å²) < 4.78 is 0. The second-order valence-electron chi connectivity index (χ2n) is 27.6. The Kier molecular flexibility index (Phi) is 43.9. The minimum absolute atomic E-state index is 0.0140. The number of primary amides is 1. The number of carbonyl (C=O) groups is 15. The van der Waals surface area contributed by atoms with Crippen LogP contribution < -0.4 is 104 Å². The van der Waals surface area contributed by atoms with Crippen molar-refractivity contribution in [3.63, 3.8) is 0 Å². The molecule has 2 rings (SSSR count). The molecule has 28 N–H and O–H groups in total. The summed E-state index contributed by atoms with van der Waals surface area (Å²) in [5.41, 5.74) is 35.2. The predicted molar refractivity (Wildman–Crippen MR) is 413 cm³/mol. The summed E-state index contributed by atoms with van der Waals surface area (Å²) in [6.07, 6.45) is 1.85. The molecule has 14 amide bonds. The number of aliphatic carboxylic acids is 1. The van der Waals surface area contributed by atoms with Crippen LogP contribution in [0.4, 0.5) is 0 Å². The average Bonchev–Trinajstić information content (AvgIpc) is 1.21. The molecule has 0 saturated carbocycles. The van der Waals surface area contributed by atoms with E-state index >= 15 is 0 Å². The number of amides is 14. The number of aromatic amines is 1. The Balaban J connectivity index is 2.38. The van der Waals surface area contributed by atoms with Gasteiger partial charge in [-0.25, -0.2) is 4.98 Å². The molecule has 0 aliphatic heterocycles. The molecule has 2 aromatic rings. The zero-order valence-electron chi connectivity index (χ0n) is 63.7. The maximum absolute atomic E-state index is 14.4. The summed E-state index contributed by atoms with van der Waals surface area (Å²) in [5.74, 6) is -17.3. The van der Waals surface area contributed by atoms with Gasteiger partial charge in [-0.2, -0.15) is 25.3 Å². The fraction of sp³-hybridized carbons (Fsp3) is 0.638. The molecular weight excluding hydrogens is 1470 g/mol. The van der Waals surface area contributed by atoms with E-state index in [9.17, 15) is 82.1 Å². The van der Waals surface area contributed by atoms with Gasteiger partial charge in [0.05, 0.1) is 18.5 Å². The van der Waals surface area contributed by atoms with Gasteiger partial charge in [0.15, 0.2) is 5.96 Å². The van der Waals surface area contributed by atoms with Crippen molar-refractivity contribution in [3.8, 4) is 0 Å². The van der Waals surface area contributed by atoms with Gasteiger partial charge in [-0.05, 0) is 109 Å². The Morgan fingerprint density at radius 1 is 0.445 bits per heavy atom. The number of thiol groups is 2. The highest BCUT2D eigenvalue weighted by atomic mass is 32.1. The summed E-state index contributed by atoms with van der Waals surface area (Å²) in [6.45, 7) is 13.6. The molecule has 0 saturated heterocycles. The largest absolute Gasteiger partial charge is 0.480 e. The fourth-order valence-corrected chi connectivity index (χ4v) is 11.2. The number of nitrogens with zero attached hydrogens (tertiary/aromatic N) is 2. The van der Waals surface area contributed by atoms with Crippen LogP contribution in [0, 0.1) is 17.8 Å². The van der Waals surface area contributed by atoms with Crippen LogP contribution in [0.5, 0.6) is 0 Å². The number of nitrogens with two attached hydrogens (primary N) is 6. The second kappa shape index (κ2) is 50.2. The number of aromatic nitrogens is 2. The van der Waals surface area contributed by atoms with Crippen LogP contribution in [0.25, 0.3) is 0 Å². The molecule has 1 aromatic heterocycles. The Hall–Kier alpha value is -9.71. The lowest BCUT2D eigenvalue weighted by Gasteiger charge is -2.30. The van der Waals surface area contributed by atoms with Crippen molar-refractivity contribution in [2.24, 2.45) is 57.1 Å². The van der Waals surface area contributed by atoms with Crippen LogP contribution in [-0.4, -0.2) is 237 Å². The van der Waals surface area contributed by atoms with E-state index in [-0.39, 0.29) is 63.3 Å². The van der Waals surface area contributed by atoms with E-state index in [1.807, 2.05) is 0 Å². The van der Waals surface area contributed by atoms with Crippen LogP contribution >= 0.6 is 25.3 Å². The number of rotatable bonds is 52. The van der Waals surface area contributed by atoms with Gasteiger partial charge in [0.1, 0.15) is 78.5 Å². The molecule has 0 aliphatic carbocycles. The van der Waals surface area contributed by atoms with Crippen molar-refractivity contribution in [3.05, 3.63) is 54.1 Å². The second-order valence-corrected chi connectivity index (χ2v) is 28.3. The molecule has 0 spiro atoms. The number of H-pyrrole nitrogens is 1. The number of hydrogen-bond acceptors (Lipinski definition) is 23. The Labute approximate surface area is 650 Å². The van der Waals surface area contributed by atoms with Crippen LogP contribution in [-0.2, 0) is 84.8 Å².